The van der Waals surface area contributed by atoms with E-state index in [1.54, 1.807) is 19.1 Å². The second-order valence-corrected chi connectivity index (χ2v) is 9.35. The molecule has 1 aromatic heterocycles. The molecule has 1 aliphatic heterocycles. The summed E-state index contributed by atoms with van der Waals surface area (Å²) in [5, 5.41) is 6.15. The van der Waals surface area contributed by atoms with Crippen LogP contribution >= 0.6 is 0 Å². The highest BCUT2D eigenvalue weighted by Gasteiger charge is 2.46. The Hall–Kier alpha value is -3.29. The number of aromatic nitrogens is 1. The summed E-state index contributed by atoms with van der Waals surface area (Å²) in [6.45, 7) is 2.15. The minimum absolute atomic E-state index is 0.0410. The zero-order chi connectivity index (χ0) is 23.3. The monoisotopic (exact) mass is 455 g/mol. The highest BCUT2D eigenvalue weighted by Crippen LogP contribution is 2.39. The van der Waals surface area contributed by atoms with Crippen LogP contribution < -0.4 is 10.6 Å². The molecule has 2 amide bonds. The lowest BCUT2D eigenvalue weighted by atomic mass is 9.75. The molecular formula is C25H24F3N3O2. The molecule has 172 valence electrons. The van der Waals surface area contributed by atoms with Gasteiger partial charge in [-0.25, -0.2) is 13.2 Å². The lowest BCUT2D eigenvalue weighted by molar-refractivity contribution is -0.140. The van der Waals surface area contributed by atoms with Crippen molar-refractivity contribution >= 4 is 22.7 Å². The molecule has 33 heavy (non-hydrogen) atoms. The first kappa shape index (κ1) is 21.6. The standard InChI is InChI=1S/C25H24F3N3O2/c1-25(6-7-29-23(25)32)24(33)30-17-8-13(9-17)10-18-19-11-16(27)12-20(28)22(19)31-21(18)14-2-4-15(26)5-3-14/h2-5,11-13,17,31H,6-10H2,1H3,(H,29,32)(H,30,33). The third kappa shape index (κ3) is 3.77. The van der Waals surface area contributed by atoms with E-state index in [9.17, 15) is 22.8 Å². The SMILES string of the molecule is CC1(C(=O)NC2CC(Cc3c(-c4ccc(F)cc4)[nH]c4c(F)cc(F)cc34)C2)CCNC1=O. The van der Waals surface area contributed by atoms with Gasteiger partial charge < -0.3 is 15.6 Å². The number of carbonyl (C=O) groups is 2. The maximum Gasteiger partial charge on any atom is 0.235 e. The number of halogens is 3. The maximum atomic E-state index is 14.5. The lowest BCUT2D eigenvalue weighted by Gasteiger charge is -2.37. The second-order valence-electron chi connectivity index (χ2n) is 9.35. The largest absolute Gasteiger partial charge is 0.355 e. The molecule has 2 aliphatic rings. The van der Waals surface area contributed by atoms with Crippen molar-refractivity contribution in [3.05, 3.63) is 59.4 Å². The number of amides is 2. The Morgan fingerprint density at radius 1 is 1.12 bits per heavy atom. The van der Waals surface area contributed by atoms with Gasteiger partial charge in [-0.1, -0.05) is 0 Å². The molecule has 2 aromatic carbocycles. The van der Waals surface area contributed by atoms with Gasteiger partial charge in [-0.05, 0) is 80.0 Å². The quantitative estimate of drug-likeness (QED) is 0.504. The van der Waals surface area contributed by atoms with Gasteiger partial charge in [0, 0.05) is 29.7 Å². The first-order valence-electron chi connectivity index (χ1n) is 11.1. The molecule has 0 bridgehead atoms. The Morgan fingerprint density at radius 3 is 2.52 bits per heavy atom. The van der Waals surface area contributed by atoms with Crippen molar-refractivity contribution in [1.29, 1.82) is 0 Å². The molecule has 1 atom stereocenters. The molecular weight excluding hydrogens is 431 g/mol. The molecule has 1 saturated carbocycles. The van der Waals surface area contributed by atoms with Crippen LogP contribution in [0.4, 0.5) is 13.2 Å². The van der Waals surface area contributed by atoms with E-state index in [4.69, 9.17) is 0 Å². The third-order valence-electron chi connectivity index (χ3n) is 7.04. The fraction of sp³-hybridized carbons (Fsp3) is 0.360. The van der Waals surface area contributed by atoms with Crippen molar-refractivity contribution in [3.63, 3.8) is 0 Å². The molecule has 1 saturated heterocycles. The predicted molar refractivity (Wildman–Crippen MR) is 118 cm³/mol. The van der Waals surface area contributed by atoms with E-state index in [0.29, 0.717) is 48.9 Å². The Bertz CT molecular complexity index is 1250. The second kappa shape index (κ2) is 7.93. The number of carbonyl (C=O) groups excluding carboxylic acids is 2. The van der Waals surface area contributed by atoms with Crippen molar-refractivity contribution in [2.24, 2.45) is 11.3 Å². The van der Waals surface area contributed by atoms with Crippen molar-refractivity contribution in [1.82, 2.24) is 15.6 Å². The van der Waals surface area contributed by atoms with Gasteiger partial charge in [-0.2, -0.15) is 0 Å². The van der Waals surface area contributed by atoms with Crippen molar-refractivity contribution < 1.29 is 22.8 Å². The normalized spacial score (nSPS) is 24.5. The van der Waals surface area contributed by atoms with E-state index in [-0.39, 0.29) is 35.1 Å². The average Bonchev–Trinajstić information content (AvgIpc) is 3.28. The van der Waals surface area contributed by atoms with Gasteiger partial charge in [0.05, 0.1) is 5.52 Å². The minimum Gasteiger partial charge on any atom is -0.355 e. The number of H-pyrrole nitrogens is 1. The fourth-order valence-electron chi connectivity index (χ4n) is 4.95. The number of hydrogen-bond donors (Lipinski definition) is 3. The molecule has 1 unspecified atom stereocenters. The lowest BCUT2D eigenvalue weighted by Crippen LogP contribution is -2.51. The molecule has 0 spiro atoms. The number of aromatic amines is 1. The molecule has 3 aromatic rings. The van der Waals surface area contributed by atoms with E-state index in [0.717, 1.165) is 11.6 Å². The summed E-state index contributed by atoms with van der Waals surface area (Å²) in [4.78, 5) is 27.7. The van der Waals surface area contributed by atoms with Crippen LogP contribution in [0.25, 0.3) is 22.2 Å². The van der Waals surface area contributed by atoms with Crippen molar-refractivity contribution in [3.8, 4) is 11.3 Å². The van der Waals surface area contributed by atoms with Gasteiger partial charge in [0.2, 0.25) is 11.8 Å². The Balaban J connectivity index is 1.36. The van der Waals surface area contributed by atoms with E-state index < -0.39 is 17.0 Å². The highest BCUT2D eigenvalue weighted by atomic mass is 19.1. The average molecular weight is 455 g/mol. The van der Waals surface area contributed by atoms with Gasteiger partial charge in [0.1, 0.15) is 22.9 Å². The van der Waals surface area contributed by atoms with Crippen LogP contribution in [-0.4, -0.2) is 29.4 Å². The molecule has 2 heterocycles. The smallest absolute Gasteiger partial charge is 0.235 e. The van der Waals surface area contributed by atoms with E-state index >= 15 is 0 Å². The summed E-state index contributed by atoms with van der Waals surface area (Å²) in [6.07, 6.45) is 2.44. The molecule has 1 aliphatic carbocycles. The molecule has 2 fully saturated rings. The predicted octanol–water partition coefficient (Wildman–Crippen LogP) is 4.22. The number of hydrogen-bond acceptors (Lipinski definition) is 2. The summed E-state index contributed by atoms with van der Waals surface area (Å²) >= 11 is 0. The molecule has 5 nitrogen and oxygen atoms in total. The van der Waals surface area contributed by atoms with Gasteiger partial charge in [0.25, 0.3) is 0 Å². The summed E-state index contributed by atoms with van der Waals surface area (Å²) in [7, 11) is 0. The number of benzene rings is 2. The third-order valence-corrected chi connectivity index (χ3v) is 7.04. The molecule has 0 radical (unpaired) electrons. The molecule has 8 heteroatoms. The van der Waals surface area contributed by atoms with E-state index in [2.05, 4.69) is 15.6 Å². The molecule has 3 N–H and O–H groups in total. The zero-order valence-corrected chi connectivity index (χ0v) is 18.1. The van der Waals surface area contributed by atoms with Gasteiger partial charge in [0.15, 0.2) is 0 Å². The highest BCUT2D eigenvalue weighted by molar-refractivity contribution is 6.06. The first-order valence-corrected chi connectivity index (χ1v) is 11.1. The Labute approximate surface area is 188 Å². The van der Waals surface area contributed by atoms with Crippen LogP contribution in [0.1, 0.15) is 31.7 Å². The first-order chi connectivity index (χ1) is 15.7. The molecule has 5 rings (SSSR count). The maximum absolute atomic E-state index is 14.5. The summed E-state index contributed by atoms with van der Waals surface area (Å²) in [6, 6.07) is 7.98. The fourth-order valence-corrected chi connectivity index (χ4v) is 4.95. The van der Waals surface area contributed by atoms with Crippen LogP contribution in [0.5, 0.6) is 0 Å². The Kier molecular flexibility index (Phi) is 5.18. The van der Waals surface area contributed by atoms with Crippen molar-refractivity contribution in [2.75, 3.05) is 6.54 Å². The van der Waals surface area contributed by atoms with Crippen LogP contribution in [0.3, 0.4) is 0 Å². The summed E-state index contributed by atoms with van der Waals surface area (Å²) in [5.74, 6) is -2.03. The van der Waals surface area contributed by atoms with E-state index in [1.807, 2.05) is 0 Å². The Morgan fingerprint density at radius 2 is 1.85 bits per heavy atom. The van der Waals surface area contributed by atoms with Crippen LogP contribution in [0.2, 0.25) is 0 Å². The van der Waals surface area contributed by atoms with Gasteiger partial charge >= 0.3 is 0 Å². The number of rotatable bonds is 5. The summed E-state index contributed by atoms with van der Waals surface area (Å²) in [5.41, 5.74) is 1.28. The minimum atomic E-state index is -1.03. The summed E-state index contributed by atoms with van der Waals surface area (Å²) < 4.78 is 41.9. The zero-order valence-electron chi connectivity index (χ0n) is 18.1. The number of nitrogens with one attached hydrogen (secondary N) is 3. The topological polar surface area (TPSA) is 74.0 Å². The van der Waals surface area contributed by atoms with E-state index in [1.165, 1.54) is 18.2 Å². The van der Waals surface area contributed by atoms with Crippen LogP contribution in [-0.2, 0) is 16.0 Å². The van der Waals surface area contributed by atoms with Crippen LogP contribution in [0, 0.1) is 28.8 Å². The van der Waals surface area contributed by atoms with Gasteiger partial charge in [-0.15, -0.1) is 0 Å². The van der Waals surface area contributed by atoms with Crippen LogP contribution in [0.15, 0.2) is 36.4 Å². The number of fused-ring (bicyclic) bond motifs is 1. The van der Waals surface area contributed by atoms with Crippen molar-refractivity contribution in [2.45, 2.75) is 38.6 Å². The van der Waals surface area contributed by atoms with Gasteiger partial charge in [-0.3, -0.25) is 9.59 Å².